The van der Waals surface area contributed by atoms with Gasteiger partial charge in [-0.3, -0.25) is 19.7 Å². The molecule has 0 radical (unpaired) electrons. The van der Waals surface area contributed by atoms with Gasteiger partial charge in [-0.05, 0) is 76.2 Å². The number of hydrogen-bond acceptors (Lipinski definition) is 8. The molecule has 2 aromatic carbocycles. The van der Waals surface area contributed by atoms with E-state index >= 15 is 0 Å². The van der Waals surface area contributed by atoms with Crippen LogP contribution in [0, 0.1) is 20.9 Å². The first-order valence-electron chi connectivity index (χ1n) is 15.9. The number of halogens is 1. The zero-order chi connectivity index (χ0) is 33.4. The minimum atomic E-state index is -0.530. The van der Waals surface area contributed by atoms with E-state index in [1.165, 1.54) is 12.1 Å². The number of nitro groups is 1. The van der Waals surface area contributed by atoms with Crippen LogP contribution in [-0.2, 0) is 20.9 Å². The lowest BCUT2D eigenvalue weighted by atomic mass is 9.63. The van der Waals surface area contributed by atoms with Crippen molar-refractivity contribution in [3.8, 4) is 11.5 Å². The van der Waals surface area contributed by atoms with E-state index in [0.717, 1.165) is 36.2 Å². The lowest BCUT2D eigenvalue weighted by Crippen LogP contribution is -2.44. The van der Waals surface area contributed by atoms with Crippen LogP contribution in [0.1, 0.15) is 83.8 Å². The zero-order valence-corrected chi connectivity index (χ0v) is 29.1. The molecule has 0 spiro atoms. The summed E-state index contributed by atoms with van der Waals surface area (Å²) in [5, 5.41) is 11.3. The summed E-state index contributed by atoms with van der Waals surface area (Å²) in [4.78, 5) is 41.4. The van der Waals surface area contributed by atoms with Crippen molar-refractivity contribution in [3.05, 3.63) is 84.7 Å². The molecule has 2 aromatic rings. The number of ether oxygens (including phenoxy) is 3. The van der Waals surface area contributed by atoms with E-state index in [4.69, 9.17) is 14.2 Å². The normalized spacial score (nSPS) is 19.2. The summed E-state index contributed by atoms with van der Waals surface area (Å²) in [6.07, 6.45) is 3.04. The Bertz CT molecular complexity index is 1570. The average Bonchev–Trinajstić information content (AvgIpc) is 2.96. The quantitative estimate of drug-likeness (QED) is 0.132. The monoisotopic (exact) mass is 694 g/mol. The van der Waals surface area contributed by atoms with Gasteiger partial charge in [0.15, 0.2) is 23.1 Å². The van der Waals surface area contributed by atoms with E-state index in [1.807, 2.05) is 19.1 Å². The van der Waals surface area contributed by atoms with E-state index < -0.39 is 10.8 Å². The molecule has 1 aliphatic heterocycles. The predicted octanol–water partition coefficient (Wildman–Crippen LogP) is 8.06. The molecule has 0 fully saturated rings. The minimum Gasteiger partial charge on any atom is -0.490 e. The van der Waals surface area contributed by atoms with E-state index in [0.29, 0.717) is 65.3 Å². The number of non-ortho nitro benzene ring substituents is 1. The lowest BCUT2D eigenvalue weighted by molar-refractivity contribution is -0.384. The van der Waals surface area contributed by atoms with Crippen molar-refractivity contribution in [2.24, 2.45) is 10.8 Å². The SMILES string of the molecule is CCOc1cc(C2C3=C(CC(C)(C)CC3=O)N(CCCOC)C3=C2C(=O)CC(C)(C)C3)cc(Br)c1OCc1cccc([N+](=O)[O-])c1. The summed E-state index contributed by atoms with van der Waals surface area (Å²) in [6.45, 7) is 12.1. The second-order valence-electron chi connectivity index (χ2n) is 14.0. The van der Waals surface area contributed by atoms with Crippen LogP contribution < -0.4 is 9.47 Å². The molecule has 5 rings (SSSR count). The van der Waals surface area contributed by atoms with Crippen molar-refractivity contribution in [1.29, 1.82) is 0 Å². The molecule has 0 saturated carbocycles. The Hall–Kier alpha value is -3.50. The third kappa shape index (κ3) is 6.93. The number of nitrogens with zero attached hydrogens (tertiary/aromatic N) is 2. The van der Waals surface area contributed by atoms with E-state index in [-0.39, 0.29) is 34.7 Å². The average molecular weight is 696 g/mol. The van der Waals surface area contributed by atoms with Crippen molar-refractivity contribution >= 4 is 33.2 Å². The fourth-order valence-corrected chi connectivity index (χ4v) is 7.67. The Morgan fingerprint density at radius 3 is 2.15 bits per heavy atom. The van der Waals surface area contributed by atoms with E-state index in [2.05, 4.69) is 48.5 Å². The molecule has 9 nitrogen and oxygen atoms in total. The summed E-state index contributed by atoms with van der Waals surface area (Å²) in [5.74, 6) is 0.521. The van der Waals surface area contributed by atoms with Gasteiger partial charge in [0.25, 0.3) is 5.69 Å². The molecule has 0 saturated heterocycles. The minimum absolute atomic E-state index is 0.0112. The summed E-state index contributed by atoms with van der Waals surface area (Å²) >= 11 is 3.70. The molecule has 0 bridgehead atoms. The summed E-state index contributed by atoms with van der Waals surface area (Å²) in [7, 11) is 1.69. The number of rotatable bonds is 11. The van der Waals surface area contributed by atoms with E-state index in [1.54, 1.807) is 19.2 Å². The summed E-state index contributed by atoms with van der Waals surface area (Å²) < 4.78 is 18.3. The summed E-state index contributed by atoms with van der Waals surface area (Å²) in [6, 6.07) is 10.1. The van der Waals surface area contributed by atoms with Crippen LogP contribution in [0.15, 0.2) is 63.4 Å². The van der Waals surface area contributed by atoms with Gasteiger partial charge in [0.1, 0.15) is 6.61 Å². The van der Waals surface area contributed by atoms with Gasteiger partial charge in [0.2, 0.25) is 0 Å². The molecule has 2 aliphatic carbocycles. The molecule has 246 valence electrons. The van der Waals surface area contributed by atoms with Gasteiger partial charge in [-0.1, -0.05) is 39.8 Å². The number of carbonyl (C=O) groups excluding carboxylic acids is 2. The molecule has 1 heterocycles. The van der Waals surface area contributed by atoms with Gasteiger partial charge in [-0.2, -0.15) is 0 Å². The Morgan fingerprint density at radius 2 is 1.59 bits per heavy atom. The highest BCUT2D eigenvalue weighted by atomic mass is 79.9. The molecule has 0 amide bonds. The van der Waals surface area contributed by atoms with Crippen molar-refractivity contribution in [2.75, 3.05) is 26.9 Å². The molecular formula is C36H43BrN2O7. The lowest BCUT2D eigenvalue weighted by Gasteiger charge is -2.49. The number of ketones is 2. The third-order valence-electron chi connectivity index (χ3n) is 8.92. The number of carbonyl (C=O) groups is 2. The maximum absolute atomic E-state index is 14.2. The maximum Gasteiger partial charge on any atom is 0.269 e. The molecule has 0 unspecified atom stereocenters. The first kappa shape index (κ1) is 33.9. The maximum atomic E-state index is 14.2. The molecule has 0 N–H and O–H groups in total. The Balaban J connectivity index is 1.64. The highest BCUT2D eigenvalue weighted by Gasteiger charge is 2.49. The van der Waals surface area contributed by atoms with Crippen LogP contribution in [-0.4, -0.2) is 48.3 Å². The number of methoxy groups -OCH3 is 1. The fraction of sp³-hybridized carbons (Fsp3) is 0.500. The topological polar surface area (TPSA) is 108 Å². The first-order valence-corrected chi connectivity index (χ1v) is 16.7. The number of Topliss-reactive ketones (excluding diaryl/α,β-unsaturated/α-hetero) is 2. The van der Waals surface area contributed by atoms with Crippen molar-refractivity contribution in [3.63, 3.8) is 0 Å². The number of benzene rings is 2. The summed E-state index contributed by atoms with van der Waals surface area (Å²) in [5.41, 5.74) is 4.40. The van der Waals surface area contributed by atoms with Crippen LogP contribution >= 0.6 is 15.9 Å². The van der Waals surface area contributed by atoms with Crippen molar-refractivity contribution in [2.45, 2.75) is 79.2 Å². The molecule has 46 heavy (non-hydrogen) atoms. The Kier molecular flexibility index (Phi) is 9.80. The first-order chi connectivity index (χ1) is 21.7. The molecular weight excluding hydrogens is 652 g/mol. The molecule has 0 aromatic heterocycles. The zero-order valence-electron chi connectivity index (χ0n) is 27.5. The second kappa shape index (κ2) is 13.3. The second-order valence-corrected chi connectivity index (χ2v) is 14.9. The number of hydrogen-bond donors (Lipinski definition) is 0. The van der Waals surface area contributed by atoms with Gasteiger partial charge in [0, 0.05) is 73.7 Å². The van der Waals surface area contributed by atoms with Gasteiger partial charge in [-0.15, -0.1) is 0 Å². The third-order valence-corrected chi connectivity index (χ3v) is 9.51. The van der Waals surface area contributed by atoms with Crippen molar-refractivity contribution < 1.29 is 28.7 Å². The fourth-order valence-electron chi connectivity index (χ4n) is 7.09. The number of allylic oxidation sites excluding steroid dienone is 4. The molecule has 10 heteroatoms. The standard InChI is InChI=1S/C36H43BrN2O7/c1-7-45-30-16-23(15-25(37)34(30)46-21-22-10-8-11-24(14-22)39(42)43)31-32-26(17-35(2,3)19-28(32)40)38(12-9-13-44-6)27-18-36(4,5)20-29(41)33(27)31/h8,10-11,14-16,31H,7,9,12-13,17-21H2,1-6H3. The molecule has 0 atom stereocenters. The van der Waals surface area contributed by atoms with Gasteiger partial charge in [-0.25, -0.2) is 0 Å². The van der Waals surface area contributed by atoms with Crippen LogP contribution in [0.25, 0.3) is 0 Å². The smallest absolute Gasteiger partial charge is 0.269 e. The molecule has 3 aliphatic rings. The van der Waals surface area contributed by atoms with Crippen LogP contribution in [0.3, 0.4) is 0 Å². The highest BCUT2D eigenvalue weighted by Crippen LogP contribution is 2.55. The van der Waals surface area contributed by atoms with Crippen LogP contribution in [0.4, 0.5) is 5.69 Å². The number of nitro benzene ring substituents is 1. The predicted molar refractivity (Wildman–Crippen MR) is 179 cm³/mol. The van der Waals surface area contributed by atoms with E-state index in [9.17, 15) is 19.7 Å². The Labute approximate surface area is 279 Å². The van der Waals surface area contributed by atoms with Gasteiger partial charge < -0.3 is 19.1 Å². The van der Waals surface area contributed by atoms with Gasteiger partial charge in [0.05, 0.1) is 16.0 Å². The van der Waals surface area contributed by atoms with Crippen LogP contribution in [0.5, 0.6) is 11.5 Å². The largest absolute Gasteiger partial charge is 0.490 e. The van der Waals surface area contributed by atoms with Crippen LogP contribution in [0.2, 0.25) is 0 Å². The van der Waals surface area contributed by atoms with Crippen molar-refractivity contribution in [1.82, 2.24) is 4.90 Å². The highest BCUT2D eigenvalue weighted by molar-refractivity contribution is 9.10. The van der Waals surface area contributed by atoms with Gasteiger partial charge >= 0.3 is 0 Å². The Morgan fingerprint density at radius 1 is 0.957 bits per heavy atom.